The van der Waals surface area contributed by atoms with Gasteiger partial charge >= 0.3 is 0 Å². The van der Waals surface area contributed by atoms with Gasteiger partial charge in [0.25, 0.3) is 0 Å². The van der Waals surface area contributed by atoms with Crippen molar-refractivity contribution in [2.75, 3.05) is 6.54 Å². The van der Waals surface area contributed by atoms with Crippen LogP contribution in [0.15, 0.2) is 34.7 Å². The van der Waals surface area contributed by atoms with Crippen LogP contribution >= 0.6 is 0 Å². The molecule has 1 N–H and O–H groups in total. The highest BCUT2D eigenvalue weighted by Gasteiger charge is 2.26. The Morgan fingerprint density at radius 2 is 2.04 bits per heavy atom. The summed E-state index contributed by atoms with van der Waals surface area (Å²) in [7, 11) is 0. The number of rotatable bonds is 5. The Hall–Kier alpha value is -2.89. The van der Waals surface area contributed by atoms with Gasteiger partial charge in [0.05, 0.1) is 18.7 Å². The summed E-state index contributed by atoms with van der Waals surface area (Å²) in [5.74, 6) is 1.81. The Morgan fingerprint density at radius 3 is 2.78 bits per heavy atom. The Balaban J connectivity index is 1.39. The van der Waals surface area contributed by atoms with E-state index in [4.69, 9.17) is 4.42 Å². The van der Waals surface area contributed by atoms with E-state index in [0.29, 0.717) is 19.5 Å². The maximum Gasteiger partial charge on any atom is 0.227 e. The molecule has 1 aliphatic rings. The summed E-state index contributed by atoms with van der Waals surface area (Å²) in [6.45, 7) is 5.08. The van der Waals surface area contributed by atoms with Crippen LogP contribution in [0.4, 0.5) is 0 Å². The van der Waals surface area contributed by atoms with E-state index in [1.807, 2.05) is 36.9 Å². The van der Waals surface area contributed by atoms with Crippen molar-refractivity contribution in [3.63, 3.8) is 0 Å². The quantitative estimate of drug-likeness (QED) is 0.755. The number of carbonyl (C=O) groups is 1. The van der Waals surface area contributed by atoms with E-state index in [-0.39, 0.29) is 5.91 Å². The number of aromatic amines is 1. The van der Waals surface area contributed by atoms with Gasteiger partial charge in [-0.2, -0.15) is 5.10 Å². The third kappa shape index (κ3) is 3.79. The number of hydrogen-bond donors (Lipinski definition) is 1. The van der Waals surface area contributed by atoms with Crippen LogP contribution in [0.1, 0.15) is 39.9 Å². The Labute approximate surface area is 158 Å². The molecular weight excluding hydrogens is 340 g/mol. The van der Waals surface area contributed by atoms with Crippen molar-refractivity contribution in [3.05, 3.63) is 70.2 Å². The summed E-state index contributed by atoms with van der Waals surface area (Å²) in [6.07, 6.45) is 2.78. The summed E-state index contributed by atoms with van der Waals surface area (Å²) >= 11 is 0. The predicted molar refractivity (Wildman–Crippen MR) is 101 cm³/mol. The number of benzene rings is 1. The van der Waals surface area contributed by atoms with E-state index >= 15 is 0 Å². The molecule has 27 heavy (non-hydrogen) atoms. The lowest BCUT2D eigenvalue weighted by molar-refractivity contribution is -0.131. The average Bonchev–Trinajstić information content (AvgIpc) is 3.24. The smallest absolute Gasteiger partial charge is 0.227 e. The minimum absolute atomic E-state index is 0.113. The molecular formula is C21H24N4O2. The van der Waals surface area contributed by atoms with Crippen LogP contribution in [0.25, 0.3) is 0 Å². The van der Waals surface area contributed by atoms with Crippen LogP contribution in [0, 0.1) is 13.8 Å². The molecule has 0 saturated carbocycles. The van der Waals surface area contributed by atoms with Crippen molar-refractivity contribution in [2.45, 2.75) is 46.1 Å². The molecule has 0 fully saturated rings. The number of carbonyl (C=O) groups excluding carboxylic acids is 1. The molecule has 1 aliphatic heterocycles. The number of nitrogens with zero attached hydrogens (tertiary/aromatic N) is 3. The van der Waals surface area contributed by atoms with Crippen molar-refractivity contribution in [1.82, 2.24) is 20.1 Å². The number of H-pyrrole nitrogens is 1. The molecule has 0 spiro atoms. The highest BCUT2D eigenvalue weighted by atomic mass is 16.4. The zero-order chi connectivity index (χ0) is 18.8. The van der Waals surface area contributed by atoms with Gasteiger partial charge in [0.2, 0.25) is 5.91 Å². The first-order chi connectivity index (χ1) is 13.1. The third-order valence-electron chi connectivity index (χ3n) is 5.20. The van der Waals surface area contributed by atoms with Crippen molar-refractivity contribution in [2.24, 2.45) is 0 Å². The topological polar surface area (TPSA) is 75.0 Å². The van der Waals surface area contributed by atoms with Crippen molar-refractivity contribution in [1.29, 1.82) is 0 Å². The fourth-order valence-corrected chi connectivity index (χ4v) is 3.57. The van der Waals surface area contributed by atoms with E-state index in [2.05, 4.69) is 27.3 Å². The Kier molecular flexibility index (Phi) is 4.79. The molecule has 3 heterocycles. The van der Waals surface area contributed by atoms with Crippen LogP contribution in [-0.2, 0) is 37.0 Å². The van der Waals surface area contributed by atoms with Crippen molar-refractivity contribution < 1.29 is 9.21 Å². The number of oxazole rings is 1. The van der Waals surface area contributed by atoms with Crippen LogP contribution in [-0.4, -0.2) is 32.5 Å². The van der Waals surface area contributed by atoms with E-state index in [0.717, 1.165) is 53.6 Å². The number of nitrogens with one attached hydrogen (secondary N) is 1. The summed E-state index contributed by atoms with van der Waals surface area (Å²) in [5, 5.41) is 7.12. The number of fused-ring (bicyclic) bond motifs is 1. The SMILES string of the molecule is Cc1n[nH]c(C)c1CC(=O)N1CCc2oc(CCc3ccccc3)nc2C1. The number of amides is 1. The molecule has 1 aromatic carbocycles. The maximum atomic E-state index is 12.7. The minimum atomic E-state index is 0.113. The molecule has 4 rings (SSSR count). The highest BCUT2D eigenvalue weighted by Crippen LogP contribution is 2.22. The van der Waals surface area contributed by atoms with Crippen LogP contribution in [0.2, 0.25) is 0 Å². The molecule has 1 amide bonds. The van der Waals surface area contributed by atoms with E-state index in [1.165, 1.54) is 5.56 Å². The zero-order valence-electron chi connectivity index (χ0n) is 15.8. The molecule has 0 saturated heterocycles. The molecule has 0 unspecified atom stereocenters. The first-order valence-corrected chi connectivity index (χ1v) is 9.39. The maximum absolute atomic E-state index is 12.7. The van der Waals surface area contributed by atoms with Gasteiger partial charge in [0, 0.05) is 30.6 Å². The van der Waals surface area contributed by atoms with Crippen LogP contribution < -0.4 is 0 Å². The Morgan fingerprint density at radius 1 is 1.22 bits per heavy atom. The molecule has 0 bridgehead atoms. The van der Waals surface area contributed by atoms with Crippen molar-refractivity contribution >= 4 is 5.91 Å². The van der Waals surface area contributed by atoms with Gasteiger partial charge in [-0.05, 0) is 25.8 Å². The summed E-state index contributed by atoms with van der Waals surface area (Å²) in [4.78, 5) is 19.2. The number of aromatic nitrogens is 3. The second-order valence-electron chi connectivity index (χ2n) is 7.12. The first kappa shape index (κ1) is 17.5. The van der Waals surface area contributed by atoms with Gasteiger partial charge in [-0.25, -0.2) is 4.98 Å². The lowest BCUT2D eigenvalue weighted by Crippen LogP contribution is -2.36. The normalized spacial score (nSPS) is 13.6. The molecule has 140 valence electrons. The zero-order valence-corrected chi connectivity index (χ0v) is 15.8. The van der Waals surface area contributed by atoms with Crippen LogP contribution in [0.5, 0.6) is 0 Å². The lowest BCUT2D eigenvalue weighted by atomic mass is 10.1. The number of aryl methyl sites for hydroxylation is 4. The lowest BCUT2D eigenvalue weighted by Gasteiger charge is -2.25. The number of hydrogen-bond acceptors (Lipinski definition) is 4. The predicted octanol–water partition coefficient (Wildman–Crippen LogP) is 2.93. The third-order valence-corrected chi connectivity index (χ3v) is 5.20. The molecule has 3 aromatic rings. The van der Waals surface area contributed by atoms with Crippen LogP contribution in [0.3, 0.4) is 0 Å². The summed E-state index contributed by atoms with van der Waals surface area (Å²) < 4.78 is 5.94. The average molecular weight is 364 g/mol. The standard InChI is InChI=1S/C21H24N4O2/c1-14-17(15(2)24-23-14)12-21(26)25-11-10-19-18(13-25)22-20(27-19)9-8-16-6-4-3-5-7-16/h3-7H,8-13H2,1-2H3,(H,23,24). The first-order valence-electron chi connectivity index (χ1n) is 9.39. The largest absolute Gasteiger partial charge is 0.445 e. The van der Waals surface area contributed by atoms with E-state index in [9.17, 15) is 4.79 Å². The van der Waals surface area contributed by atoms with Crippen molar-refractivity contribution in [3.8, 4) is 0 Å². The molecule has 6 heteroatoms. The molecule has 6 nitrogen and oxygen atoms in total. The molecule has 0 aliphatic carbocycles. The van der Waals surface area contributed by atoms with E-state index < -0.39 is 0 Å². The molecule has 0 atom stereocenters. The summed E-state index contributed by atoms with van der Waals surface area (Å²) in [6, 6.07) is 10.3. The van der Waals surface area contributed by atoms with Gasteiger partial charge in [-0.15, -0.1) is 0 Å². The van der Waals surface area contributed by atoms with Gasteiger partial charge in [-0.1, -0.05) is 30.3 Å². The summed E-state index contributed by atoms with van der Waals surface area (Å²) in [5.41, 5.74) is 5.02. The highest BCUT2D eigenvalue weighted by molar-refractivity contribution is 5.79. The molecule has 2 aromatic heterocycles. The van der Waals surface area contributed by atoms with Gasteiger partial charge in [0.15, 0.2) is 5.89 Å². The second-order valence-corrected chi connectivity index (χ2v) is 7.12. The van der Waals surface area contributed by atoms with Gasteiger partial charge < -0.3 is 9.32 Å². The Bertz CT molecular complexity index is 923. The fraction of sp³-hybridized carbons (Fsp3) is 0.381. The fourth-order valence-electron chi connectivity index (χ4n) is 3.57. The second kappa shape index (κ2) is 7.39. The monoisotopic (exact) mass is 364 g/mol. The van der Waals surface area contributed by atoms with Gasteiger partial charge in [0.1, 0.15) is 11.5 Å². The minimum Gasteiger partial charge on any atom is -0.445 e. The molecule has 0 radical (unpaired) electrons. The van der Waals surface area contributed by atoms with Gasteiger partial charge in [-0.3, -0.25) is 9.89 Å². The van der Waals surface area contributed by atoms with E-state index in [1.54, 1.807) is 0 Å².